The van der Waals surface area contributed by atoms with Crippen LogP contribution in [0.4, 0.5) is 0 Å². The Morgan fingerprint density at radius 2 is 1.78 bits per heavy atom. The van der Waals surface area contributed by atoms with E-state index in [-0.39, 0.29) is 24.4 Å². The summed E-state index contributed by atoms with van der Waals surface area (Å²) in [5.74, 6) is 1.32. The molecule has 0 saturated heterocycles. The van der Waals surface area contributed by atoms with Gasteiger partial charge >= 0.3 is 5.97 Å². The van der Waals surface area contributed by atoms with E-state index in [0.29, 0.717) is 24.1 Å². The molecule has 0 aliphatic heterocycles. The van der Waals surface area contributed by atoms with E-state index >= 15 is 0 Å². The van der Waals surface area contributed by atoms with Gasteiger partial charge in [0, 0.05) is 12.0 Å². The summed E-state index contributed by atoms with van der Waals surface area (Å²) in [6.45, 7) is 6.14. The van der Waals surface area contributed by atoms with E-state index in [0.717, 1.165) is 57.0 Å². The predicted molar refractivity (Wildman–Crippen MR) is 147 cm³/mol. The lowest BCUT2D eigenvalue weighted by atomic mass is 9.71. The number of nitrogens with zero attached hydrogens (tertiary/aromatic N) is 2. The summed E-state index contributed by atoms with van der Waals surface area (Å²) in [4.78, 5) is 33.3. The Morgan fingerprint density at radius 3 is 2.43 bits per heavy atom. The van der Waals surface area contributed by atoms with Crippen LogP contribution in [0.15, 0.2) is 54.6 Å². The van der Waals surface area contributed by atoms with Gasteiger partial charge in [-0.3, -0.25) is 9.59 Å². The topological polar surface area (TPSA) is 59.1 Å². The van der Waals surface area contributed by atoms with Crippen molar-refractivity contribution < 1.29 is 19.2 Å². The van der Waals surface area contributed by atoms with Crippen molar-refractivity contribution >= 4 is 12.4 Å². The molecule has 2 aromatic rings. The smallest absolute Gasteiger partial charge is 0.306 e. The molecule has 1 aliphatic carbocycles. The first-order valence-electron chi connectivity index (χ1n) is 13.7. The molecule has 0 N–H and O–H groups in total. The zero-order chi connectivity index (χ0) is 26.7. The molecule has 2 atom stereocenters. The number of amides is 1. The van der Waals surface area contributed by atoms with Crippen LogP contribution in [0.1, 0.15) is 75.8 Å². The molecular weight excluding hydrogens is 464 g/mol. The van der Waals surface area contributed by atoms with Crippen molar-refractivity contribution in [3.63, 3.8) is 0 Å². The van der Waals surface area contributed by atoms with Gasteiger partial charge in [-0.25, -0.2) is 0 Å². The third-order valence-electron chi connectivity index (χ3n) is 7.57. The summed E-state index contributed by atoms with van der Waals surface area (Å²) >= 11 is 0. The fourth-order valence-electron chi connectivity index (χ4n) is 5.82. The van der Waals surface area contributed by atoms with E-state index in [1.54, 1.807) is 0 Å². The monoisotopic (exact) mass is 508 g/mol. The second-order valence-corrected chi connectivity index (χ2v) is 11.0. The Labute approximate surface area is 222 Å². The maximum atomic E-state index is 12.8. The van der Waals surface area contributed by atoms with E-state index in [1.165, 1.54) is 10.6 Å². The minimum Gasteiger partial charge on any atom is -0.461 e. The van der Waals surface area contributed by atoms with Crippen LogP contribution in [0.3, 0.4) is 0 Å². The molecule has 0 spiro atoms. The molecule has 0 aromatic heterocycles. The van der Waals surface area contributed by atoms with Gasteiger partial charge in [0.15, 0.2) is 5.75 Å². The predicted octanol–water partition coefficient (Wildman–Crippen LogP) is 6.21. The van der Waals surface area contributed by atoms with Gasteiger partial charge in [-0.05, 0) is 68.5 Å². The molecule has 202 valence electrons. The van der Waals surface area contributed by atoms with Gasteiger partial charge in [0.05, 0.1) is 13.0 Å². The summed E-state index contributed by atoms with van der Waals surface area (Å²) < 4.78 is 5.60. The average molecular weight is 509 g/mol. The Kier molecular flexibility index (Phi) is 11.0. The minimum atomic E-state index is -0.337. The number of esters is 1. The molecule has 0 radical (unpaired) electrons. The van der Waals surface area contributed by atoms with Gasteiger partial charge in [-0.2, -0.15) is 5.06 Å². The van der Waals surface area contributed by atoms with Gasteiger partial charge in [0.1, 0.15) is 6.61 Å². The highest BCUT2D eigenvalue weighted by molar-refractivity contribution is 5.70. The van der Waals surface area contributed by atoms with Crippen LogP contribution in [0, 0.1) is 11.3 Å². The zero-order valence-electron chi connectivity index (χ0n) is 23.0. The van der Waals surface area contributed by atoms with E-state index < -0.39 is 0 Å². The number of benzene rings is 2. The molecule has 0 unspecified atom stereocenters. The summed E-state index contributed by atoms with van der Waals surface area (Å²) in [5.41, 5.74) is 1.85. The summed E-state index contributed by atoms with van der Waals surface area (Å²) in [6.07, 6.45) is 7.03. The van der Waals surface area contributed by atoms with Crippen molar-refractivity contribution in [3.05, 3.63) is 65.7 Å². The molecular formula is C31H44N2O4. The first-order valence-corrected chi connectivity index (χ1v) is 13.7. The fraction of sp³-hybridized carbons (Fsp3) is 0.548. The van der Waals surface area contributed by atoms with Crippen molar-refractivity contribution in [1.82, 2.24) is 9.96 Å². The molecule has 1 fully saturated rings. The van der Waals surface area contributed by atoms with Crippen LogP contribution in [0.5, 0.6) is 5.75 Å². The molecule has 1 amide bonds. The van der Waals surface area contributed by atoms with Gasteiger partial charge in [0.2, 0.25) is 6.41 Å². The number of rotatable bonds is 14. The molecule has 1 aliphatic rings. The number of hydroxylamine groups is 2. The second-order valence-electron chi connectivity index (χ2n) is 11.0. The summed E-state index contributed by atoms with van der Waals surface area (Å²) in [5, 5.41) is 1.37. The van der Waals surface area contributed by atoms with Gasteiger partial charge in [0.25, 0.3) is 0 Å². The molecule has 2 aromatic carbocycles. The maximum absolute atomic E-state index is 12.8. The molecule has 6 heteroatoms. The summed E-state index contributed by atoms with van der Waals surface area (Å²) in [6, 6.07) is 17.8. The molecule has 1 saturated carbocycles. The largest absolute Gasteiger partial charge is 0.461 e. The Morgan fingerprint density at radius 1 is 1.05 bits per heavy atom. The Balaban J connectivity index is 1.67. The SMILES string of the molecule is CC[C@H](c1cccc(ON(C=O)CC2(CC(=O)OCc3ccccc3)CCCCC2)c1)[C@@H](C)CN(C)C. The zero-order valence-corrected chi connectivity index (χ0v) is 23.0. The van der Waals surface area contributed by atoms with Gasteiger partial charge in [-0.1, -0.05) is 75.6 Å². The number of ether oxygens (including phenoxy) is 1. The standard InChI is InChI=1S/C31H44N2O4/c1-5-29(25(2)21-32(3)4)27-15-12-16-28(19-27)37-33(24-34)23-31(17-10-7-11-18-31)20-30(35)36-22-26-13-8-6-9-14-26/h6,8-9,12-16,19,24-25,29H,5,7,10-11,17-18,20-23H2,1-4H3/t25-,29-/m0/s1. The third kappa shape index (κ3) is 8.89. The molecule has 3 rings (SSSR count). The molecule has 0 bridgehead atoms. The average Bonchev–Trinajstić information content (AvgIpc) is 2.88. The maximum Gasteiger partial charge on any atom is 0.306 e. The van der Waals surface area contributed by atoms with Crippen LogP contribution in [-0.2, 0) is 20.9 Å². The van der Waals surface area contributed by atoms with Crippen molar-refractivity contribution in [2.75, 3.05) is 27.2 Å². The Hall–Kier alpha value is -2.86. The van der Waals surface area contributed by atoms with Crippen LogP contribution in [0.25, 0.3) is 0 Å². The highest BCUT2D eigenvalue weighted by atomic mass is 16.7. The number of hydrogen-bond acceptors (Lipinski definition) is 5. The highest BCUT2D eigenvalue weighted by Crippen LogP contribution is 2.40. The number of hydrogen-bond donors (Lipinski definition) is 0. The molecule has 6 nitrogen and oxygen atoms in total. The van der Waals surface area contributed by atoms with E-state index in [2.05, 4.69) is 45.0 Å². The van der Waals surface area contributed by atoms with Gasteiger partial charge < -0.3 is 14.5 Å². The van der Waals surface area contributed by atoms with Crippen molar-refractivity contribution in [3.8, 4) is 5.75 Å². The fourth-order valence-corrected chi connectivity index (χ4v) is 5.82. The van der Waals surface area contributed by atoms with Crippen LogP contribution in [-0.4, -0.2) is 49.5 Å². The second kappa shape index (κ2) is 14.2. The lowest BCUT2D eigenvalue weighted by molar-refractivity contribution is -0.157. The first-order chi connectivity index (χ1) is 17.8. The van der Waals surface area contributed by atoms with E-state index in [4.69, 9.17) is 9.57 Å². The van der Waals surface area contributed by atoms with Crippen LogP contribution in [0.2, 0.25) is 0 Å². The lowest BCUT2D eigenvalue weighted by Crippen LogP contribution is -2.42. The normalized spacial score (nSPS) is 16.6. The third-order valence-corrected chi connectivity index (χ3v) is 7.57. The number of carbonyl (C=O) groups excluding carboxylic acids is 2. The van der Waals surface area contributed by atoms with Crippen LogP contribution >= 0.6 is 0 Å². The lowest BCUT2D eigenvalue weighted by Gasteiger charge is -2.38. The minimum absolute atomic E-state index is 0.223. The highest BCUT2D eigenvalue weighted by Gasteiger charge is 2.37. The number of carbonyl (C=O) groups is 2. The van der Waals surface area contributed by atoms with E-state index in [9.17, 15) is 9.59 Å². The molecule has 0 heterocycles. The van der Waals surface area contributed by atoms with E-state index in [1.807, 2.05) is 42.5 Å². The van der Waals surface area contributed by atoms with Crippen molar-refractivity contribution in [1.29, 1.82) is 0 Å². The Bertz CT molecular complexity index is 972. The van der Waals surface area contributed by atoms with Crippen LogP contribution < -0.4 is 4.84 Å². The first kappa shape index (κ1) is 28.7. The van der Waals surface area contributed by atoms with Crippen molar-refractivity contribution in [2.45, 2.75) is 71.3 Å². The summed E-state index contributed by atoms with van der Waals surface area (Å²) in [7, 11) is 4.20. The van der Waals surface area contributed by atoms with Crippen molar-refractivity contribution in [2.24, 2.45) is 11.3 Å². The van der Waals surface area contributed by atoms with Gasteiger partial charge in [-0.15, -0.1) is 0 Å². The molecule has 37 heavy (non-hydrogen) atoms. The quantitative estimate of drug-likeness (QED) is 0.172.